The largest absolute Gasteiger partial charge is 0.444 e. The van der Waals surface area contributed by atoms with Crippen molar-refractivity contribution in [3.8, 4) is 0 Å². The topological polar surface area (TPSA) is 76.6 Å². The monoisotopic (exact) mass is 340 g/mol. The zero-order chi connectivity index (χ0) is 17.3. The summed E-state index contributed by atoms with van der Waals surface area (Å²) in [6.07, 6.45) is 1.78. The van der Waals surface area contributed by atoms with Crippen molar-refractivity contribution < 1.29 is 17.9 Å². The van der Waals surface area contributed by atoms with Gasteiger partial charge in [-0.25, -0.2) is 18.2 Å². The van der Waals surface area contributed by atoms with E-state index in [4.69, 9.17) is 4.74 Å². The Morgan fingerprint density at radius 3 is 2.74 bits per heavy atom. The minimum atomic E-state index is -3.44. The van der Waals surface area contributed by atoms with E-state index in [2.05, 4.69) is 4.98 Å². The Morgan fingerprint density at radius 1 is 1.43 bits per heavy atom. The number of nitrogens with zero attached hydrogens (tertiary/aromatic N) is 2. The molecule has 0 unspecified atom stereocenters. The van der Waals surface area contributed by atoms with Crippen LogP contribution in [0, 0.1) is 12.8 Å². The van der Waals surface area contributed by atoms with Crippen LogP contribution in [0.3, 0.4) is 0 Å². The maximum atomic E-state index is 12.4. The molecule has 0 aromatic carbocycles. The number of aryl methyl sites for hydroxylation is 1. The van der Waals surface area contributed by atoms with E-state index >= 15 is 0 Å². The van der Waals surface area contributed by atoms with Crippen molar-refractivity contribution >= 4 is 15.9 Å². The number of likely N-dealkylation sites (tertiary alicyclic amines) is 1. The van der Waals surface area contributed by atoms with Gasteiger partial charge in [-0.1, -0.05) is 0 Å². The summed E-state index contributed by atoms with van der Waals surface area (Å²) < 4.78 is 30.2. The molecule has 1 aliphatic heterocycles. The fraction of sp³-hybridized carbons (Fsp3) is 0.625. The molecular formula is C16H24N2O4S. The SMILES string of the molecule is Cc1ccnc(S(=O)(=O)C[C@H]2CCN(C(=O)OC(C)(C)C)C2)c1. The molecule has 128 valence electrons. The second-order valence-corrected chi connectivity index (χ2v) is 9.02. The first kappa shape index (κ1) is 17.7. The van der Waals surface area contributed by atoms with Gasteiger partial charge in [0.05, 0.1) is 5.75 Å². The highest BCUT2D eigenvalue weighted by Crippen LogP contribution is 2.23. The molecule has 23 heavy (non-hydrogen) atoms. The molecule has 2 rings (SSSR count). The van der Waals surface area contributed by atoms with Crippen molar-refractivity contribution in [2.75, 3.05) is 18.8 Å². The van der Waals surface area contributed by atoms with E-state index in [9.17, 15) is 13.2 Å². The van der Waals surface area contributed by atoms with E-state index in [1.165, 1.54) is 6.20 Å². The van der Waals surface area contributed by atoms with E-state index in [0.717, 1.165) is 5.56 Å². The summed E-state index contributed by atoms with van der Waals surface area (Å²) in [5.41, 5.74) is 0.313. The zero-order valence-electron chi connectivity index (χ0n) is 14.1. The first-order chi connectivity index (χ1) is 10.6. The highest BCUT2D eigenvalue weighted by atomic mass is 32.2. The number of rotatable bonds is 3. The van der Waals surface area contributed by atoms with Gasteiger partial charge in [0.1, 0.15) is 5.60 Å². The lowest BCUT2D eigenvalue weighted by Gasteiger charge is -2.24. The van der Waals surface area contributed by atoms with Crippen LogP contribution in [0.5, 0.6) is 0 Å². The standard InChI is InChI=1S/C16H24N2O4S/c1-12-5-7-17-14(9-12)23(20,21)11-13-6-8-18(10-13)15(19)22-16(2,3)4/h5,7,9,13H,6,8,10-11H2,1-4H3/t13-/m0/s1. The Kier molecular flexibility index (Phi) is 4.98. The third-order valence-corrected chi connectivity index (χ3v) is 5.37. The zero-order valence-corrected chi connectivity index (χ0v) is 14.9. The van der Waals surface area contributed by atoms with Gasteiger partial charge in [0, 0.05) is 19.3 Å². The Bertz CT molecular complexity index is 680. The first-order valence-electron chi connectivity index (χ1n) is 7.70. The second kappa shape index (κ2) is 6.47. The van der Waals surface area contributed by atoms with Crippen LogP contribution in [-0.2, 0) is 14.6 Å². The third-order valence-electron chi connectivity index (χ3n) is 3.60. The molecule has 1 atom stereocenters. The number of ether oxygens (including phenoxy) is 1. The number of amides is 1. The molecule has 1 amide bonds. The summed E-state index contributed by atoms with van der Waals surface area (Å²) in [4.78, 5) is 17.6. The summed E-state index contributed by atoms with van der Waals surface area (Å²) in [7, 11) is -3.44. The molecule has 1 aromatic rings. The number of pyridine rings is 1. The number of carbonyl (C=O) groups excluding carboxylic acids is 1. The van der Waals surface area contributed by atoms with Crippen molar-refractivity contribution in [3.63, 3.8) is 0 Å². The fourth-order valence-corrected chi connectivity index (χ4v) is 4.19. The van der Waals surface area contributed by atoms with Crippen LogP contribution in [-0.4, -0.2) is 48.8 Å². The number of hydrogen-bond acceptors (Lipinski definition) is 5. The average molecular weight is 340 g/mol. The van der Waals surface area contributed by atoms with Gasteiger partial charge in [0.15, 0.2) is 14.9 Å². The van der Waals surface area contributed by atoms with Crippen molar-refractivity contribution in [1.29, 1.82) is 0 Å². The highest BCUT2D eigenvalue weighted by Gasteiger charge is 2.33. The summed E-state index contributed by atoms with van der Waals surface area (Å²) in [5.74, 6) is -0.0854. The molecule has 0 bridgehead atoms. The van der Waals surface area contributed by atoms with Crippen LogP contribution >= 0.6 is 0 Å². The number of sulfone groups is 1. The van der Waals surface area contributed by atoms with E-state index < -0.39 is 15.4 Å². The van der Waals surface area contributed by atoms with Crippen molar-refractivity contribution in [1.82, 2.24) is 9.88 Å². The van der Waals surface area contributed by atoms with Crippen LogP contribution in [0.1, 0.15) is 32.8 Å². The third kappa shape index (κ3) is 4.92. The molecule has 6 nitrogen and oxygen atoms in total. The smallest absolute Gasteiger partial charge is 0.410 e. The van der Waals surface area contributed by atoms with E-state index in [-0.39, 0.29) is 22.8 Å². The average Bonchev–Trinajstić information content (AvgIpc) is 2.84. The van der Waals surface area contributed by atoms with Gasteiger partial charge < -0.3 is 9.64 Å². The van der Waals surface area contributed by atoms with Crippen LogP contribution in [0.4, 0.5) is 4.79 Å². The minimum Gasteiger partial charge on any atom is -0.444 e. The van der Waals surface area contributed by atoms with Crippen LogP contribution in [0.15, 0.2) is 23.4 Å². The van der Waals surface area contributed by atoms with E-state index in [1.807, 2.05) is 27.7 Å². The fourth-order valence-electron chi connectivity index (χ4n) is 2.54. The van der Waals surface area contributed by atoms with Crippen molar-refractivity contribution in [3.05, 3.63) is 23.9 Å². The van der Waals surface area contributed by atoms with Gasteiger partial charge in [-0.05, 0) is 57.7 Å². The first-order valence-corrected chi connectivity index (χ1v) is 9.35. The lowest BCUT2D eigenvalue weighted by atomic mass is 10.2. The molecule has 1 fully saturated rings. The van der Waals surface area contributed by atoms with E-state index in [1.54, 1.807) is 17.0 Å². The molecular weight excluding hydrogens is 316 g/mol. The summed E-state index contributed by atoms with van der Waals surface area (Å²) in [5, 5.41) is 0.105. The second-order valence-electron chi connectivity index (χ2n) is 7.03. The Morgan fingerprint density at radius 2 is 2.13 bits per heavy atom. The van der Waals surface area contributed by atoms with Crippen LogP contribution in [0.25, 0.3) is 0 Å². The number of hydrogen-bond donors (Lipinski definition) is 0. The molecule has 0 radical (unpaired) electrons. The van der Waals surface area contributed by atoms with Gasteiger partial charge in [0.2, 0.25) is 0 Å². The Hall–Kier alpha value is -1.63. The molecule has 1 aromatic heterocycles. The van der Waals surface area contributed by atoms with Crippen molar-refractivity contribution in [2.24, 2.45) is 5.92 Å². The van der Waals surface area contributed by atoms with Gasteiger partial charge in [-0.15, -0.1) is 0 Å². The summed E-state index contributed by atoms with van der Waals surface area (Å²) in [6.45, 7) is 8.20. The minimum absolute atomic E-state index is 0.00273. The molecule has 2 heterocycles. The Balaban J connectivity index is 1.99. The highest BCUT2D eigenvalue weighted by molar-refractivity contribution is 7.91. The summed E-state index contributed by atoms with van der Waals surface area (Å²) in [6, 6.07) is 3.34. The molecule has 0 aliphatic carbocycles. The normalized spacial score (nSPS) is 19.0. The molecule has 1 saturated heterocycles. The molecule has 0 N–H and O–H groups in total. The van der Waals surface area contributed by atoms with E-state index in [0.29, 0.717) is 19.5 Å². The van der Waals surface area contributed by atoms with Gasteiger partial charge >= 0.3 is 6.09 Å². The number of aromatic nitrogens is 1. The quantitative estimate of drug-likeness (QED) is 0.844. The van der Waals surface area contributed by atoms with Crippen LogP contribution < -0.4 is 0 Å². The predicted molar refractivity (Wildman–Crippen MR) is 86.9 cm³/mol. The van der Waals surface area contributed by atoms with Crippen molar-refractivity contribution in [2.45, 2.75) is 44.7 Å². The van der Waals surface area contributed by atoms with Gasteiger partial charge in [-0.2, -0.15) is 0 Å². The predicted octanol–water partition coefficient (Wildman–Crippen LogP) is 2.42. The molecule has 0 saturated carbocycles. The molecule has 0 spiro atoms. The maximum absolute atomic E-state index is 12.4. The lowest BCUT2D eigenvalue weighted by Crippen LogP contribution is -2.35. The Labute approximate surface area is 137 Å². The number of carbonyl (C=O) groups is 1. The molecule has 7 heteroatoms. The van der Waals surface area contributed by atoms with Gasteiger partial charge in [0.25, 0.3) is 0 Å². The molecule has 1 aliphatic rings. The summed E-state index contributed by atoms with van der Waals surface area (Å²) >= 11 is 0. The maximum Gasteiger partial charge on any atom is 0.410 e. The van der Waals surface area contributed by atoms with Crippen LogP contribution in [0.2, 0.25) is 0 Å². The van der Waals surface area contributed by atoms with Gasteiger partial charge in [-0.3, -0.25) is 0 Å². The lowest BCUT2D eigenvalue weighted by molar-refractivity contribution is 0.0289.